The minimum atomic E-state index is -0.909. The lowest BCUT2D eigenvalue weighted by atomic mass is 9.64. The maximum absolute atomic E-state index is 13.1. The summed E-state index contributed by atoms with van der Waals surface area (Å²) in [6.07, 6.45) is 2.19. The summed E-state index contributed by atoms with van der Waals surface area (Å²) in [5.74, 6) is -0.107. The molecule has 0 bridgehead atoms. The third kappa shape index (κ3) is 3.64. The van der Waals surface area contributed by atoms with E-state index in [1.54, 1.807) is 0 Å². The van der Waals surface area contributed by atoms with Gasteiger partial charge in [-0.15, -0.1) is 0 Å². The normalized spacial score (nSPS) is 26.5. The maximum Gasteiger partial charge on any atom is 0.331 e. The van der Waals surface area contributed by atoms with Crippen molar-refractivity contribution in [2.75, 3.05) is 6.54 Å². The molecule has 1 aromatic carbocycles. The highest BCUT2D eigenvalue weighted by Crippen LogP contribution is 2.46. The first-order valence-electron chi connectivity index (χ1n) is 9.86. The van der Waals surface area contributed by atoms with Crippen molar-refractivity contribution < 1.29 is 19.1 Å². The molecule has 1 saturated heterocycles. The number of ether oxygens (including phenoxy) is 1. The van der Waals surface area contributed by atoms with E-state index >= 15 is 0 Å². The lowest BCUT2D eigenvalue weighted by Gasteiger charge is -2.43. The lowest BCUT2D eigenvalue weighted by Crippen LogP contribution is -2.54. The number of nitrogens with one attached hydrogen (secondary N) is 1. The van der Waals surface area contributed by atoms with Gasteiger partial charge in [-0.1, -0.05) is 32.9 Å². The van der Waals surface area contributed by atoms with Crippen molar-refractivity contribution >= 4 is 17.9 Å². The number of amides is 3. The van der Waals surface area contributed by atoms with Gasteiger partial charge in [0, 0.05) is 0 Å². The van der Waals surface area contributed by atoms with Gasteiger partial charge in [-0.05, 0) is 68.1 Å². The molecule has 0 unspecified atom stereocenters. The molecule has 0 radical (unpaired) electrons. The molecule has 2 aliphatic rings. The number of benzene rings is 1. The van der Waals surface area contributed by atoms with Gasteiger partial charge in [0.05, 0.1) is 0 Å². The van der Waals surface area contributed by atoms with Gasteiger partial charge in [0.25, 0.3) is 5.91 Å². The van der Waals surface area contributed by atoms with E-state index < -0.39 is 17.5 Å². The molecule has 1 spiro atoms. The van der Waals surface area contributed by atoms with Crippen molar-refractivity contribution in [3.63, 3.8) is 0 Å². The number of nitrogens with zero attached hydrogens (tertiary/aromatic N) is 1. The number of aryl methyl sites for hydroxylation is 2. The van der Waals surface area contributed by atoms with Gasteiger partial charge in [-0.3, -0.25) is 9.69 Å². The second-order valence-electron chi connectivity index (χ2n) is 9.39. The largest absolute Gasteiger partial charge is 0.425 e. The molecule has 152 valence electrons. The predicted octanol–water partition coefficient (Wildman–Crippen LogP) is 3.65. The van der Waals surface area contributed by atoms with Gasteiger partial charge in [-0.25, -0.2) is 9.59 Å². The van der Waals surface area contributed by atoms with E-state index in [0.29, 0.717) is 24.5 Å². The van der Waals surface area contributed by atoms with Crippen molar-refractivity contribution in [3.8, 4) is 5.75 Å². The molecule has 2 fully saturated rings. The number of esters is 1. The molecule has 1 heterocycles. The summed E-state index contributed by atoms with van der Waals surface area (Å²) in [6.45, 7) is 11.6. The summed E-state index contributed by atoms with van der Waals surface area (Å²) < 4.78 is 5.54. The van der Waals surface area contributed by atoms with Crippen LogP contribution in [-0.4, -0.2) is 34.9 Å². The molecule has 1 aromatic rings. The average molecular weight is 386 g/mol. The van der Waals surface area contributed by atoms with Crippen LogP contribution in [0.4, 0.5) is 4.79 Å². The predicted molar refractivity (Wildman–Crippen MR) is 106 cm³/mol. The summed E-state index contributed by atoms with van der Waals surface area (Å²) in [5.41, 5.74) is 1.78. The number of hydrogen-bond acceptors (Lipinski definition) is 4. The van der Waals surface area contributed by atoms with Crippen molar-refractivity contribution in [1.82, 2.24) is 10.2 Å². The molecule has 1 saturated carbocycles. The highest BCUT2D eigenvalue weighted by molar-refractivity contribution is 6.08. The Balaban J connectivity index is 1.77. The summed E-state index contributed by atoms with van der Waals surface area (Å²) in [4.78, 5) is 39.2. The molecule has 1 aliphatic heterocycles. The Morgan fingerprint density at radius 3 is 2.46 bits per heavy atom. The zero-order chi connectivity index (χ0) is 20.9. The molecule has 6 heteroatoms. The molecular weight excluding hydrogens is 356 g/mol. The van der Waals surface area contributed by atoms with Crippen LogP contribution in [0.5, 0.6) is 5.75 Å². The lowest BCUT2D eigenvalue weighted by molar-refractivity contribution is -0.142. The Kier molecular flexibility index (Phi) is 5.02. The van der Waals surface area contributed by atoms with Crippen LogP contribution in [-0.2, 0) is 9.59 Å². The van der Waals surface area contributed by atoms with E-state index in [9.17, 15) is 14.4 Å². The van der Waals surface area contributed by atoms with Crippen LogP contribution in [0.2, 0.25) is 0 Å². The molecule has 0 aromatic heterocycles. The van der Waals surface area contributed by atoms with Crippen molar-refractivity contribution in [1.29, 1.82) is 0 Å². The molecule has 2 atom stereocenters. The number of hydrogen-bond donors (Lipinski definition) is 1. The Bertz CT molecular complexity index is 845. The fraction of sp³-hybridized carbons (Fsp3) is 0.591. The first-order valence-corrected chi connectivity index (χ1v) is 9.86. The number of rotatable bonds is 3. The molecule has 1 N–H and O–H groups in total. The van der Waals surface area contributed by atoms with Crippen LogP contribution in [0.1, 0.15) is 56.7 Å². The van der Waals surface area contributed by atoms with Crippen LogP contribution in [0.15, 0.2) is 12.1 Å². The zero-order valence-electron chi connectivity index (χ0n) is 17.6. The molecular formula is C22H30N2O4. The highest BCUT2D eigenvalue weighted by Gasteiger charge is 2.56. The van der Waals surface area contributed by atoms with Crippen LogP contribution in [0, 0.1) is 32.1 Å². The minimum Gasteiger partial charge on any atom is -0.425 e. The summed E-state index contributed by atoms with van der Waals surface area (Å²) in [6, 6.07) is 3.35. The molecule has 1 aliphatic carbocycles. The minimum absolute atomic E-state index is 0.0487. The van der Waals surface area contributed by atoms with Crippen LogP contribution in [0.25, 0.3) is 0 Å². The summed E-state index contributed by atoms with van der Waals surface area (Å²) >= 11 is 0. The number of carbonyl (C=O) groups excluding carboxylic acids is 3. The molecule has 28 heavy (non-hydrogen) atoms. The van der Waals surface area contributed by atoms with Gasteiger partial charge in [0.1, 0.15) is 17.8 Å². The van der Waals surface area contributed by atoms with E-state index in [1.807, 2.05) is 32.9 Å². The summed E-state index contributed by atoms with van der Waals surface area (Å²) in [7, 11) is 0. The fourth-order valence-corrected chi connectivity index (χ4v) is 5.01. The zero-order valence-corrected chi connectivity index (χ0v) is 17.6. The SMILES string of the molecule is Cc1ccc(C)c(OC(=O)CN2C(=O)N[C@@]3(C[C@H](C)CC(C)(C)C3)C2=O)c1C. The van der Waals surface area contributed by atoms with Crippen LogP contribution in [0.3, 0.4) is 0 Å². The highest BCUT2D eigenvalue weighted by atomic mass is 16.5. The maximum atomic E-state index is 13.1. The first kappa shape index (κ1) is 20.4. The quantitative estimate of drug-likeness (QED) is 0.489. The third-order valence-corrected chi connectivity index (χ3v) is 6.00. The standard InChI is InChI=1S/C22H30N2O4/c1-13-9-21(5,6)12-22(10-13)19(26)24(20(27)23-22)11-17(25)28-18-15(3)8-7-14(2)16(18)4/h7-8,13H,9-12H2,1-6H3,(H,23,27)/t13-,22-/m1/s1. The monoisotopic (exact) mass is 386 g/mol. The van der Waals surface area contributed by atoms with Crippen molar-refractivity contribution in [2.45, 2.75) is 66.3 Å². The van der Waals surface area contributed by atoms with Crippen LogP contribution >= 0.6 is 0 Å². The van der Waals surface area contributed by atoms with E-state index in [-0.39, 0.29) is 17.9 Å². The second kappa shape index (κ2) is 6.90. The third-order valence-electron chi connectivity index (χ3n) is 6.00. The average Bonchev–Trinajstić information content (AvgIpc) is 2.77. The number of carbonyl (C=O) groups is 3. The Morgan fingerprint density at radius 1 is 1.18 bits per heavy atom. The van der Waals surface area contributed by atoms with Gasteiger partial charge >= 0.3 is 12.0 Å². The first-order chi connectivity index (χ1) is 12.9. The summed E-state index contributed by atoms with van der Waals surface area (Å²) in [5, 5.41) is 2.89. The van der Waals surface area contributed by atoms with Gasteiger partial charge in [-0.2, -0.15) is 0 Å². The van der Waals surface area contributed by atoms with Crippen molar-refractivity contribution in [3.05, 3.63) is 28.8 Å². The Hall–Kier alpha value is -2.37. The van der Waals surface area contributed by atoms with Gasteiger partial charge in [0.15, 0.2) is 0 Å². The molecule has 3 rings (SSSR count). The Morgan fingerprint density at radius 2 is 1.82 bits per heavy atom. The van der Waals surface area contributed by atoms with E-state index in [1.165, 1.54) is 0 Å². The van der Waals surface area contributed by atoms with Gasteiger partial charge < -0.3 is 10.1 Å². The van der Waals surface area contributed by atoms with Crippen molar-refractivity contribution in [2.24, 2.45) is 11.3 Å². The topological polar surface area (TPSA) is 75.7 Å². The van der Waals surface area contributed by atoms with E-state index in [4.69, 9.17) is 4.74 Å². The van der Waals surface area contributed by atoms with E-state index in [2.05, 4.69) is 26.1 Å². The second-order valence-corrected chi connectivity index (χ2v) is 9.39. The molecule has 3 amide bonds. The molecule has 6 nitrogen and oxygen atoms in total. The number of imide groups is 1. The van der Waals surface area contributed by atoms with Crippen LogP contribution < -0.4 is 10.1 Å². The fourth-order valence-electron chi connectivity index (χ4n) is 5.01. The number of urea groups is 1. The Labute approximate surface area is 166 Å². The van der Waals surface area contributed by atoms with E-state index in [0.717, 1.165) is 28.0 Å². The smallest absolute Gasteiger partial charge is 0.331 e. The van der Waals surface area contributed by atoms with Gasteiger partial charge in [0.2, 0.25) is 0 Å².